The van der Waals surface area contributed by atoms with Crippen molar-refractivity contribution in [2.45, 2.75) is 58.2 Å². The predicted molar refractivity (Wildman–Crippen MR) is 179 cm³/mol. The molecule has 6 heteroatoms. The lowest BCUT2D eigenvalue weighted by atomic mass is 9.64. The second-order valence-corrected chi connectivity index (χ2v) is 13.5. The number of ether oxygens (including phenoxy) is 2. The first-order chi connectivity index (χ1) is 22.3. The number of carbonyl (C=O) groups is 1. The molecule has 230 valence electrons. The Morgan fingerprint density at radius 3 is 2.39 bits per heavy atom. The quantitative estimate of drug-likeness (QED) is 0.111. The van der Waals surface area contributed by atoms with Gasteiger partial charge in [0.05, 0.1) is 22.1 Å². The van der Waals surface area contributed by atoms with Crippen molar-refractivity contribution < 1.29 is 18.7 Å². The van der Waals surface area contributed by atoms with Crippen LogP contribution in [-0.4, -0.2) is 21.4 Å². The molecule has 0 saturated heterocycles. The fourth-order valence-corrected chi connectivity index (χ4v) is 7.68. The summed E-state index contributed by atoms with van der Waals surface area (Å²) in [5, 5.41) is 2.07. The van der Waals surface area contributed by atoms with Gasteiger partial charge >= 0.3 is 0 Å². The summed E-state index contributed by atoms with van der Waals surface area (Å²) >= 11 is 0. The second-order valence-electron chi connectivity index (χ2n) is 13.5. The molecule has 6 aromatic rings. The average molecular weight is 611 g/mol. The Morgan fingerprint density at radius 1 is 0.870 bits per heavy atom. The van der Waals surface area contributed by atoms with E-state index in [1.165, 1.54) is 18.1 Å². The number of hydrogen-bond donors (Lipinski definition) is 0. The summed E-state index contributed by atoms with van der Waals surface area (Å²) < 4.78 is 26.6. The molecule has 0 unspecified atom stereocenters. The Balaban J connectivity index is 1.17. The third kappa shape index (κ3) is 4.79. The number of rotatable bonds is 5. The highest BCUT2D eigenvalue weighted by Gasteiger charge is 2.47. The molecule has 1 fully saturated rings. The number of ketones is 1. The normalized spacial score (nSPS) is 20.2. The minimum absolute atomic E-state index is 0.111. The van der Waals surface area contributed by atoms with E-state index < -0.39 is 0 Å². The fourth-order valence-electron chi connectivity index (χ4n) is 7.68. The Labute approximate surface area is 267 Å². The maximum atomic E-state index is 14.0. The van der Waals surface area contributed by atoms with E-state index in [1.54, 1.807) is 42.5 Å². The van der Waals surface area contributed by atoms with E-state index in [-0.39, 0.29) is 23.8 Å². The summed E-state index contributed by atoms with van der Waals surface area (Å²) in [5.74, 6) is 2.49. The molecule has 1 aliphatic carbocycles. The molecular formula is C40H35FN2O3. The molecule has 1 aromatic heterocycles. The number of nitrogens with zero attached hydrogens (tertiary/aromatic N) is 2. The highest BCUT2D eigenvalue weighted by atomic mass is 19.1. The number of hydrogen-bond acceptors (Lipinski definition) is 5. The smallest absolute Gasteiger partial charge is 0.193 e. The van der Waals surface area contributed by atoms with E-state index in [1.807, 2.05) is 24.3 Å². The molecule has 2 heterocycles. The van der Waals surface area contributed by atoms with Crippen molar-refractivity contribution >= 4 is 38.6 Å². The van der Waals surface area contributed by atoms with E-state index in [0.717, 1.165) is 45.9 Å². The summed E-state index contributed by atoms with van der Waals surface area (Å²) in [4.78, 5) is 24.0. The van der Waals surface area contributed by atoms with Crippen molar-refractivity contribution in [1.29, 1.82) is 0 Å². The molecule has 0 amide bonds. The van der Waals surface area contributed by atoms with Gasteiger partial charge in [-0.3, -0.25) is 4.79 Å². The zero-order valence-electron chi connectivity index (χ0n) is 26.2. The first-order valence-corrected chi connectivity index (χ1v) is 16.1. The van der Waals surface area contributed by atoms with Gasteiger partial charge in [0.25, 0.3) is 0 Å². The lowest BCUT2D eigenvalue weighted by Crippen LogP contribution is -2.46. The Kier molecular flexibility index (Phi) is 6.78. The van der Waals surface area contributed by atoms with Crippen LogP contribution >= 0.6 is 0 Å². The number of aromatic nitrogens is 2. The predicted octanol–water partition coefficient (Wildman–Crippen LogP) is 9.58. The van der Waals surface area contributed by atoms with Crippen LogP contribution in [0.1, 0.15) is 73.0 Å². The van der Waals surface area contributed by atoms with Crippen molar-refractivity contribution in [2.75, 3.05) is 0 Å². The summed E-state index contributed by atoms with van der Waals surface area (Å²) in [6, 6.07) is 27.3. The molecule has 0 N–H and O–H groups in total. The number of fused-ring (bicyclic) bond motifs is 9. The molecule has 8 rings (SSSR count). The molecular weight excluding hydrogens is 575 g/mol. The van der Waals surface area contributed by atoms with Gasteiger partial charge < -0.3 is 9.47 Å². The largest absolute Gasteiger partial charge is 0.489 e. The van der Waals surface area contributed by atoms with E-state index >= 15 is 0 Å². The van der Waals surface area contributed by atoms with Gasteiger partial charge in [-0.15, -0.1) is 0 Å². The van der Waals surface area contributed by atoms with Crippen molar-refractivity contribution in [3.05, 3.63) is 119 Å². The molecule has 0 bridgehead atoms. The number of benzene rings is 5. The van der Waals surface area contributed by atoms with Crippen LogP contribution in [-0.2, 0) is 6.61 Å². The summed E-state index contributed by atoms with van der Waals surface area (Å²) in [6.45, 7) is 6.94. The Bertz CT molecular complexity index is 2160. The minimum atomic E-state index is -0.306. The SMILES string of the molecule is C[C@H]1CC[C@H]2[C@H](C1)c1c(c3ccccc3c3nc4cc(C(=O)c5ccc(OCc6ccccc6F)cc5)ccc4nc13)OC2(C)C. The van der Waals surface area contributed by atoms with Crippen molar-refractivity contribution in [2.24, 2.45) is 11.8 Å². The molecule has 46 heavy (non-hydrogen) atoms. The molecule has 0 spiro atoms. The molecule has 5 aromatic carbocycles. The molecule has 3 atom stereocenters. The van der Waals surface area contributed by atoms with E-state index in [0.29, 0.717) is 45.7 Å². The van der Waals surface area contributed by atoms with Crippen LogP contribution in [0.2, 0.25) is 0 Å². The maximum absolute atomic E-state index is 14.0. The lowest BCUT2D eigenvalue weighted by molar-refractivity contribution is -0.0115. The van der Waals surface area contributed by atoms with Crippen LogP contribution < -0.4 is 9.47 Å². The third-order valence-corrected chi connectivity index (χ3v) is 10.1. The van der Waals surface area contributed by atoms with Gasteiger partial charge in [-0.1, -0.05) is 55.8 Å². The Morgan fingerprint density at radius 2 is 1.59 bits per heavy atom. The maximum Gasteiger partial charge on any atom is 0.193 e. The summed E-state index contributed by atoms with van der Waals surface area (Å²) in [5.41, 5.74) is 5.66. The van der Waals surface area contributed by atoms with Gasteiger partial charge in [0, 0.05) is 38.9 Å². The van der Waals surface area contributed by atoms with Gasteiger partial charge in [-0.2, -0.15) is 0 Å². The first-order valence-electron chi connectivity index (χ1n) is 16.1. The van der Waals surface area contributed by atoms with E-state index in [2.05, 4.69) is 39.0 Å². The number of carbonyl (C=O) groups excluding carboxylic acids is 1. The monoisotopic (exact) mass is 610 g/mol. The highest BCUT2D eigenvalue weighted by Crippen LogP contribution is 2.56. The van der Waals surface area contributed by atoms with Crippen LogP contribution in [0.5, 0.6) is 11.5 Å². The van der Waals surface area contributed by atoms with Crippen LogP contribution in [0.15, 0.2) is 91.0 Å². The highest BCUT2D eigenvalue weighted by molar-refractivity contribution is 6.13. The zero-order valence-corrected chi connectivity index (χ0v) is 26.2. The molecule has 2 aliphatic rings. The third-order valence-electron chi connectivity index (χ3n) is 10.1. The fraction of sp³-hybridized carbons (Fsp3) is 0.275. The van der Waals surface area contributed by atoms with Crippen LogP contribution in [0, 0.1) is 17.7 Å². The van der Waals surface area contributed by atoms with Gasteiger partial charge in [-0.25, -0.2) is 14.4 Å². The molecule has 1 aliphatic heterocycles. The summed E-state index contributed by atoms with van der Waals surface area (Å²) in [6.07, 6.45) is 3.46. The van der Waals surface area contributed by atoms with Crippen LogP contribution in [0.4, 0.5) is 4.39 Å². The van der Waals surface area contributed by atoms with Crippen molar-refractivity contribution in [3.63, 3.8) is 0 Å². The van der Waals surface area contributed by atoms with Crippen LogP contribution in [0.25, 0.3) is 32.8 Å². The lowest BCUT2D eigenvalue weighted by Gasteiger charge is -2.49. The van der Waals surface area contributed by atoms with Crippen molar-refractivity contribution in [3.8, 4) is 11.5 Å². The Hall–Kier alpha value is -4.84. The standard InChI is InChI=1S/C40H35FN2O3/c1-23-12-18-31-30(20-23)35-37-36(28-9-5-6-10-29(28)39(35)46-40(31,2)3)43-34-21-25(15-19-33(34)42-37)38(44)24-13-16-27(17-14-24)45-22-26-8-4-7-11-32(26)41/h4-11,13-17,19,21,23,30-31H,12,18,20,22H2,1-3H3/t23-,30-,31-/m0/s1. The molecule has 1 saturated carbocycles. The average Bonchev–Trinajstić information content (AvgIpc) is 3.06. The van der Waals surface area contributed by atoms with Gasteiger partial charge in [0.1, 0.15) is 29.5 Å². The van der Waals surface area contributed by atoms with E-state index in [9.17, 15) is 9.18 Å². The first kappa shape index (κ1) is 28.6. The number of halogens is 1. The zero-order chi connectivity index (χ0) is 31.6. The van der Waals surface area contributed by atoms with Gasteiger partial charge in [0.2, 0.25) is 0 Å². The second kappa shape index (κ2) is 10.9. The topological polar surface area (TPSA) is 61.3 Å². The minimum Gasteiger partial charge on any atom is -0.489 e. The molecule has 5 nitrogen and oxygen atoms in total. The van der Waals surface area contributed by atoms with Gasteiger partial charge in [-0.05, 0) is 87.1 Å². The van der Waals surface area contributed by atoms with E-state index in [4.69, 9.17) is 19.4 Å². The summed E-state index contributed by atoms with van der Waals surface area (Å²) in [7, 11) is 0. The van der Waals surface area contributed by atoms with Gasteiger partial charge in [0.15, 0.2) is 5.78 Å². The molecule has 0 radical (unpaired) electrons. The van der Waals surface area contributed by atoms with Crippen LogP contribution in [0.3, 0.4) is 0 Å². The van der Waals surface area contributed by atoms with Crippen molar-refractivity contribution in [1.82, 2.24) is 9.97 Å².